The Morgan fingerprint density at radius 1 is 1.38 bits per heavy atom. The molecule has 0 heterocycles. The topological polar surface area (TPSA) is 67.8 Å². The molecule has 0 aliphatic heterocycles. The summed E-state index contributed by atoms with van der Waals surface area (Å²) in [6, 6.07) is 4.84. The van der Waals surface area contributed by atoms with Crippen molar-refractivity contribution >= 4 is 29.4 Å². The highest BCUT2D eigenvalue weighted by molar-refractivity contribution is 8.55. The van der Waals surface area contributed by atoms with Gasteiger partial charge in [-0.05, 0) is 42.0 Å². The zero-order chi connectivity index (χ0) is 15.9. The first-order chi connectivity index (χ1) is 9.95. The minimum atomic E-state index is -3.24. The van der Waals surface area contributed by atoms with Crippen LogP contribution in [-0.2, 0) is 20.3 Å². The fraction of sp³-hybridized carbons (Fsp3) is 0.538. The van der Waals surface area contributed by atoms with Crippen LogP contribution in [0.1, 0.15) is 20.3 Å². The summed E-state index contributed by atoms with van der Waals surface area (Å²) in [6.07, 6.45) is 2.45. The third kappa shape index (κ3) is 5.75. The monoisotopic (exact) mass is 352 g/mol. The molecular formula is C13H21O5PS2. The minimum absolute atomic E-state index is 0.308. The number of methoxy groups -OCH3 is 1. The van der Waals surface area contributed by atoms with E-state index in [0.29, 0.717) is 28.8 Å². The summed E-state index contributed by atoms with van der Waals surface area (Å²) in [7, 11) is 1.49. The van der Waals surface area contributed by atoms with Crippen molar-refractivity contribution < 1.29 is 22.9 Å². The summed E-state index contributed by atoms with van der Waals surface area (Å²) in [6.45, 7) is 0.834. The molecule has 0 aliphatic carbocycles. The molecule has 5 nitrogen and oxygen atoms in total. The summed E-state index contributed by atoms with van der Waals surface area (Å²) in [5, 5.41) is 0. The Morgan fingerprint density at radius 2 is 2.10 bits per heavy atom. The van der Waals surface area contributed by atoms with Gasteiger partial charge in [0.05, 0.1) is 13.7 Å². The number of rotatable bonds is 9. The van der Waals surface area contributed by atoms with E-state index in [-0.39, 0.29) is 0 Å². The lowest BCUT2D eigenvalue weighted by Crippen LogP contribution is -2.02. The van der Waals surface area contributed by atoms with Crippen LogP contribution in [0.2, 0.25) is 0 Å². The molecule has 0 aromatic heterocycles. The quantitative estimate of drug-likeness (QED) is 0.492. The molecule has 1 aromatic rings. The van der Waals surface area contributed by atoms with Gasteiger partial charge in [-0.3, -0.25) is 4.52 Å². The van der Waals surface area contributed by atoms with Gasteiger partial charge in [0.1, 0.15) is 12.0 Å². The maximum absolute atomic E-state index is 12.6. The molecule has 0 saturated heterocycles. The molecule has 8 heteroatoms. The Morgan fingerprint density at radius 3 is 2.62 bits per heavy atom. The van der Waals surface area contributed by atoms with Crippen molar-refractivity contribution in [1.82, 2.24) is 0 Å². The second kappa shape index (κ2) is 8.96. The van der Waals surface area contributed by atoms with Crippen LogP contribution >= 0.6 is 18.2 Å². The first-order valence-electron chi connectivity index (χ1n) is 6.56. The molecule has 1 aromatic carbocycles. The van der Waals surface area contributed by atoms with Gasteiger partial charge in [-0.2, -0.15) is 0 Å². The molecule has 0 aliphatic rings. The summed E-state index contributed by atoms with van der Waals surface area (Å²) < 4.78 is 40.2. The molecule has 1 rings (SSSR count). The Balaban J connectivity index is 2.96. The van der Waals surface area contributed by atoms with Crippen LogP contribution in [0.15, 0.2) is 23.1 Å². The lowest BCUT2D eigenvalue weighted by Gasteiger charge is -2.18. The van der Waals surface area contributed by atoms with E-state index in [1.54, 1.807) is 31.4 Å². The largest absolute Gasteiger partial charge is 0.612 e. The molecule has 0 saturated carbocycles. The molecular weight excluding hydrogens is 331 g/mol. The number of hydrogen-bond donors (Lipinski definition) is 0. The number of ether oxygens (including phenoxy) is 1. The van der Waals surface area contributed by atoms with Crippen molar-refractivity contribution in [3.05, 3.63) is 18.2 Å². The third-order valence-electron chi connectivity index (χ3n) is 2.40. The van der Waals surface area contributed by atoms with Gasteiger partial charge in [-0.15, -0.1) is 0 Å². The normalized spacial score (nSPS) is 15.3. The van der Waals surface area contributed by atoms with E-state index in [4.69, 9.17) is 13.8 Å². The van der Waals surface area contributed by atoms with Crippen LogP contribution in [0.4, 0.5) is 0 Å². The van der Waals surface area contributed by atoms with Gasteiger partial charge in [0.15, 0.2) is 10.6 Å². The van der Waals surface area contributed by atoms with E-state index in [9.17, 15) is 9.12 Å². The Bertz CT molecular complexity index is 495. The Labute approximate surface area is 133 Å². The number of hydrogen-bond acceptors (Lipinski definition) is 6. The van der Waals surface area contributed by atoms with E-state index >= 15 is 0 Å². The average molecular weight is 352 g/mol. The summed E-state index contributed by atoms with van der Waals surface area (Å²) in [4.78, 5) is 0.567. The van der Waals surface area contributed by atoms with Gasteiger partial charge in [0.2, 0.25) is 0 Å². The van der Waals surface area contributed by atoms with E-state index in [1.807, 2.05) is 6.92 Å². The maximum atomic E-state index is 12.6. The lowest BCUT2D eigenvalue weighted by molar-refractivity contribution is 0.295. The SMILES string of the molecule is CCCSP(=O)(OCC)Oc1ccc([S+](C)[O-])c(OC)c1. The van der Waals surface area contributed by atoms with Gasteiger partial charge in [-0.25, -0.2) is 4.57 Å². The Kier molecular flexibility index (Phi) is 7.98. The maximum Gasteiger partial charge on any atom is 0.440 e. The van der Waals surface area contributed by atoms with Crippen LogP contribution in [0.3, 0.4) is 0 Å². The van der Waals surface area contributed by atoms with Gasteiger partial charge in [0, 0.05) is 17.9 Å². The van der Waals surface area contributed by atoms with Crippen molar-refractivity contribution in [3.8, 4) is 11.5 Å². The minimum Gasteiger partial charge on any atom is -0.612 e. The van der Waals surface area contributed by atoms with E-state index in [1.165, 1.54) is 18.5 Å². The second-order valence-corrected chi connectivity index (χ2v) is 9.52. The van der Waals surface area contributed by atoms with Crippen molar-refractivity contribution in [2.45, 2.75) is 25.2 Å². The molecule has 120 valence electrons. The standard InChI is InChI=1S/C13H21O5PS2/c1-5-9-20-19(14,17-6-2)18-11-7-8-13(21(4)15)12(10-11)16-3/h7-8,10H,5-6,9H2,1-4H3. The fourth-order valence-electron chi connectivity index (χ4n) is 1.52. The molecule has 0 bridgehead atoms. The van der Waals surface area contributed by atoms with E-state index in [0.717, 1.165) is 6.42 Å². The first kappa shape index (κ1) is 18.7. The van der Waals surface area contributed by atoms with Crippen LogP contribution in [0.25, 0.3) is 0 Å². The van der Waals surface area contributed by atoms with Gasteiger partial charge in [-0.1, -0.05) is 6.92 Å². The van der Waals surface area contributed by atoms with Crippen molar-refractivity contribution in [3.63, 3.8) is 0 Å². The van der Waals surface area contributed by atoms with Crippen LogP contribution < -0.4 is 9.26 Å². The predicted octanol–water partition coefficient (Wildman–Crippen LogP) is 4.10. The average Bonchev–Trinajstić information content (AvgIpc) is 2.45. The highest BCUT2D eigenvalue weighted by Crippen LogP contribution is 2.60. The van der Waals surface area contributed by atoms with Gasteiger partial charge < -0.3 is 13.8 Å². The molecule has 0 fully saturated rings. The summed E-state index contributed by atoms with van der Waals surface area (Å²) in [5.74, 6) is 1.50. The van der Waals surface area contributed by atoms with E-state index in [2.05, 4.69) is 0 Å². The molecule has 0 radical (unpaired) electrons. The van der Waals surface area contributed by atoms with Crippen LogP contribution in [0.5, 0.6) is 11.5 Å². The zero-order valence-electron chi connectivity index (χ0n) is 12.7. The fourth-order valence-corrected chi connectivity index (χ4v) is 5.66. The molecule has 2 unspecified atom stereocenters. The van der Waals surface area contributed by atoms with Crippen LogP contribution in [-0.4, -0.2) is 30.3 Å². The van der Waals surface area contributed by atoms with Crippen LogP contribution in [0, 0.1) is 0 Å². The smallest absolute Gasteiger partial charge is 0.440 e. The first-order valence-corrected chi connectivity index (χ1v) is 11.2. The Hall–Kier alpha value is -0.330. The highest BCUT2D eigenvalue weighted by Gasteiger charge is 2.27. The summed E-state index contributed by atoms with van der Waals surface area (Å²) in [5.41, 5.74) is 0. The van der Waals surface area contributed by atoms with E-state index < -0.39 is 18.0 Å². The molecule has 21 heavy (non-hydrogen) atoms. The van der Waals surface area contributed by atoms with Gasteiger partial charge >= 0.3 is 6.80 Å². The second-order valence-electron chi connectivity index (χ2n) is 4.06. The molecule has 2 atom stereocenters. The van der Waals surface area contributed by atoms with Crippen molar-refractivity contribution in [2.75, 3.05) is 25.7 Å². The van der Waals surface area contributed by atoms with Crippen molar-refractivity contribution in [2.24, 2.45) is 0 Å². The zero-order valence-corrected chi connectivity index (χ0v) is 15.2. The third-order valence-corrected chi connectivity index (χ3v) is 7.31. The molecule has 0 N–H and O–H groups in total. The lowest BCUT2D eigenvalue weighted by atomic mass is 10.3. The molecule has 0 amide bonds. The van der Waals surface area contributed by atoms with Crippen molar-refractivity contribution in [1.29, 1.82) is 0 Å². The van der Waals surface area contributed by atoms with Gasteiger partial charge in [0.25, 0.3) is 0 Å². The molecule has 0 spiro atoms. The summed E-state index contributed by atoms with van der Waals surface area (Å²) >= 11 is 0.0114. The number of benzene rings is 1. The highest BCUT2D eigenvalue weighted by atomic mass is 32.7. The predicted molar refractivity (Wildman–Crippen MR) is 87.9 cm³/mol.